The van der Waals surface area contributed by atoms with Gasteiger partial charge in [-0.25, -0.2) is 19.9 Å². The van der Waals surface area contributed by atoms with Crippen molar-refractivity contribution in [3.63, 3.8) is 0 Å². The lowest BCUT2D eigenvalue weighted by Crippen LogP contribution is -1.88. The highest BCUT2D eigenvalue weighted by atomic mass is 14.9. The van der Waals surface area contributed by atoms with Crippen LogP contribution in [0.4, 0.5) is 0 Å². The fourth-order valence-corrected chi connectivity index (χ4v) is 7.72. The van der Waals surface area contributed by atoms with E-state index in [0.717, 1.165) is 110 Å². The van der Waals surface area contributed by atoms with Crippen LogP contribution in [0.3, 0.4) is 0 Å². The zero-order chi connectivity index (χ0) is 32.8. The number of nitrogens with zero attached hydrogens (tertiary/aromatic N) is 4. The molecule has 0 atom stereocenters. The maximum Gasteiger partial charge on any atom is 0.118 e. The molecule has 0 saturated carbocycles. The standard InChI is InChI=1S/C44H26N6/c1-3-11-25(12-4-1)37-31-19-20-32(45-31)38(26-13-5-2-6-14-26)34-22-24-36(47-34)40-28-16-8-10-18-30(28)49-44-42(40)50-41-39(35-23-21-33(37)46-35)27-15-7-9-17-29(27)48-43(41)44/h1-24,46-47H. The van der Waals surface area contributed by atoms with Crippen LogP contribution in [0, 0.1) is 0 Å². The molecule has 10 aromatic rings. The first-order valence-electron chi connectivity index (χ1n) is 16.7. The molecule has 50 heavy (non-hydrogen) atoms. The van der Waals surface area contributed by atoms with E-state index in [1.54, 1.807) is 0 Å². The normalized spacial score (nSPS) is 12.3. The zero-order valence-corrected chi connectivity index (χ0v) is 26.6. The van der Waals surface area contributed by atoms with Gasteiger partial charge in [0.15, 0.2) is 0 Å². The van der Waals surface area contributed by atoms with E-state index < -0.39 is 0 Å². The van der Waals surface area contributed by atoms with E-state index in [1.165, 1.54) is 0 Å². The lowest BCUT2D eigenvalue weighted by molar-refractivity contribution is 1.32. The SMILES string of the molecule is C1=Cc2nc1c(-c1ccccc1)c1ccc([nH]1)c1c3ccccc3nc3c4nc5ccccc5c(c5ccc([nH]5)c2-c2ccccc2)c4nc31. The average Bonchev–Trinajstić information content (AvgIpc) is 3.99. The minimum absolute atomic E-state index is 0.790. The van der Waals surface area contributed by atoms with Crippen LogP contribution >= 0.6 is 0 Å². The smallest absolute Gasteiger partial charge is 0.118 e. The fraction of sp³-hybridized carbons (Fsp3) is 0. The molecule has 0 amide bonds. The summed E-state index contributed by atoms with van der Waals surface area (Å²) in [5.74, 6) is 0. The van der Waals surface area contributed by atoms with Crippen LogP contribution in [0.15, 0.2) is 133 Å². The van der Waals surface area contributed by atoms with Crippen molar-refractivity contribution in [3.8, 4) is 22.3 Å². The molecule has 4 aromatic carbocycles. The summed E-state index contributed by atoms with van der Waals surface area (Å²) < 4.78 is 0. The summed E-state index contributed by atoms with van der Waals surface area (Å²) in [5, 5.41) is 4.07. The number of aromatic nitrogens is 6. The Labute approximate surface area is 285 Å². The summed E-state index contributed by atoms with van der Waals surface area (Å²) in [4.78, 5) is 28.9. The Morgan fingerprint density at radius 3 is 1.24 bits per heavy atom. The molecule has 2 N–H and O–H groups in total. The van der Waals surface area contributed by atoms with E-state index in [2.05, 4.69) is 131 Å². The molecule has 1 aliphatic rings. The highest BCUT2D eigenvalue weighted by Gasteiger charge is 2.20. The van der Waals surface area contributed by atoms with Gasteiger partial charge in [-0.15, -0.1) is 0 Å². The van der Waals surface area contributed by atoms with E-state index in [0.29, 0.717) is 0 Å². The number of rotatable bonds is 2. The average molecular weight is 639 g/mol. The molecule has 0 saturated heterocycles. The monoisotopic (exact) mass is 638 g/mol. The van der Waals surface area contributed by atoms with Crippen LogP contribution in [-0.2, 0) is 0 Å². The van der Waals surface area contributed by atoms with Crippen molar-refractivity contribution < 1.29 is 0 Å². The van der Waals surface area contributed by atoms with Gasteiger partial charge in [0.2, 0.25) is 0 Å². The van der Waals surface area contributed by atoms with E-state index >= 15 is 0 Å². The van der Waals surface area contributed by atoms with Gasteiger partial charge in [-0.05, 0) is 59.7 Å². The number of benzene rings is 4. The Balaban J connectivity index is 1.44. The molecule has 6 heteroatoms. The van der Waals surface area contributed by atoms with Crippen LogP contribution in [0.25, 0.3) is 111 Å². The van der Waals surface area contributed by atoms with E-state index in [4.69, 9.17) is 19.9 Å². The Morgan fingerprint density at radius 2 is 0.760 bits per heavy atom. The largest absolute Gasteiger partial charge is 0.354 e. The van der Waals surface area contributed by atoms with Gasteiger partial charge in [-0.1, -0.05) is 97.1 Å². The predicted molar refractivity (Wildman–Crippen MR) is 206 cm³/mol. The van der Waals surface area contributed by atoms with Gasteiger partial charge in [-0.3, -0.25) is 0 Å². The Bertz CT molecular complexity index is 2930. The molecule has 1 aliphatic heterocycles. The molecule has 0 unspecified atom stereocenters. The number of aromatic amines is 2. The molecule has 0 fully saturated rings. The third-order valence-corrected chi connectivity index (χ3v) is 9.91. The highest BCUT2D eigenvalue weighted by Crippen LogP contribution is 2.40. The van der Waals surface area contributed by atoms with Gasteiger partial charge in [0.1, 0.15) is 22.1 Å². The molecule has 6 aromatic heterocycles. The van der Waals surface area contributed by atoms with Crippen molar-refractivity contribution in [3.05, 3.63) is 145 Å². The Hall–Kier alpha value is -6.92. The first-order valence-corrected chi connectivity index (χ1v) is 16.7. The number of H-pyrrole nitrogens is 2. The molecule has 232 valence electrons. The van der Waals surface area contributed by atoms with Crippen molar-refractivity contribution in [1.29, 1.82) is 0 Å². The van der Waals surface area contributed by atoms with Gasteiger partial charge < -0.3 is 9.97 Å². The fourth-order valence-electron chi connectivity index (χ4n) is 7.72. The quantitative estimate of drug-likeness (QED) is 0.197. The molecular formula is C44H26N6. The molecule has 8 bridgehead atoms. The number of fused-ring (bicyclic) bond motifs is 13. The summed E-state index contributed by atoms with van der Waals surface area (Å²) in [7, 11) is 0. The minimum Gasteiger partial charge on any atom is -0.354 e. The molecule has 0 aliphatic carbocycles. The first-order chi connectivity index (χ1) is 24.8. The lowest BCUT2D eigenvalue weighted by Gasteiger charge is -2.05. The second kappa shape index (κ2) is 10.3. The van der Waals surface area contributed by atoms with Gasteiger partial charge >= 0.3 is 0 Å². The Kier molecular flexibility index (Phi) is 5.57. The number of hydrogen-bond acceptors (Lipinski definition) is 4. The number of nitrogens with one attached hydrogen (secondary N) is 2. The predicted octanol–water partition coefficient (Wildman–Crippen LogP) is 10.9. The van der Waals surface area contributed by atoms with Gasteiger partial charge in [-0.2, -0.15) is 0 Å². The van der Waals surface area contributed by atoms with Crippen LogP contribution in [-0.4, -0.2) is 29.9 Å². The summed E-state index contributed by atoms with van der Waals surface area (Å²) in [5.41, 5.74) is 14.9. The topological polar surface area (TPSA) is 83.1 Å². The Morgan fingerprint density at radius 1 is 0.340 bits per heavy atom. The maximum absolute atomic E-state index is 5.45. The first kappa shape index (κ1) is 27.1. The van der Waals surface area contributed by atoms with Crippen LogP contribution in [0.1, 0.15) is 11.4 Å². The van der Waals surface area contributed by atoms with Crippen LogP contribution < -0.4 is 0 Å². The van der Waals surface area contributed by atoms with Crippen molar-refractivity contribution >= 4 is 88.9 Å². The number of hydrogen-bond donors (Lipinski definition) is 2. The minimum atomic E-state index is 0.790. The van der Waals surface area contributed by atoms with Crippen molar-refractivity contribution in [1.82, 2.24) is 29.9 Å². The van der Waals surface area contributed by atoms with Crippen LogP contribution in [0.5, 0.6) is 0 Å². The van der Waals surface area contributed by atoms with Gasteiger partial charge in [0, 0.05) is 54.7 Å². The zero-order valence-electron chi connectivity index (χ0n) is 26.6. The summed E-state index contributed by atoms with van der Waals surface area (Å²) in [6.45, 7) is 0. The summed E-state index contributed by atoms with van der Waals surface area (Å²) in [6.07, 6.45) is 4.27. The van der Waals surface area contributed by atoms with Gasteiger partial charge in [0.05, 0.1) is 22.4 Å². The van der Waals surface area contributed by atoms with Crippen molar-refractivity contribution in [2.75, 3.05) is 0 Å². The molecule has 7 heterocycles. The molecule has 0 radical (unpaired) electrons. The van der Waals surface area contributed by atoms with Gasteiger partial charge in [0.25, 0.3) is 0 Å². The maximum atomic E-state index is 5.45. The molecule has 0 spiro atoms. The number of pyridine rings is 2. The second-order valence-electron chi connectivity index (χ2n) is 12.8. The highest BCUT2D eigenvalue weighted by molar-refractivity contribution is 6.28. The third-order valence-electron chi connectivity index (χ3n) is 9.91. The van der Waals surface area contributed by atoms with Crippen molar-refractivity contribution in [2.24, 2.45) is 0 Å². The summed E-state index contributed by atoms with van der Waals surface area (Å²) >= 11 is 0. The number of para-hydroxylation sites is 2. The van der Waals surface area contributed by atoms with Crippen LogP contribution in [0.2, 0.25) is 0 Å². The van der Waals surface area contributed by atoms with E-state index in [1.807, 2.05) is 24.3 Å². The van der Waals surface area contributed by atoms with E-state index in [9.17, 15) is 0 Å². The van der Waals surface area contributed by atoms with E-state index in [-0.39, 0.29) is 0 Å². The van der Waals surface area contributed by atoms with Crippen molar-refractivity contribution in [2.45, 2.75) is 0 Å². The molecular weight excluding hydrogens is 613 g/mol. The molecule has 11 rings (SSSR count). The lowest BCUT2D eigenvalue weighted by atomic mass is 10.0. The third kappa shape index (κ3) is 3.90. The second-order valence-corrected chi connectivity index (χ2v) is 12.8. The molecule has 6 nitrogen and oxygen atoms in total. The summed E-state index contributed by atoms with van der Waals surface area (Å²) in [6, 6.07) is 46.2.